The van der Waals surface area contributed by atoms with E-state index in [0.29, 0.717) is 12.0 Å². The van der Waals surface area contributed by atoms with Crippen molar-refractivity contribution >= 4 is 38.5 Å². The molecule has 3 aromatic rings. The molecule has 1 fully saturated rings. The first-order valence-corrected chi connectivity index (χ1v) is 10.7. The minimum atomic E-state index is -4.22. The van der Waals surface area contributed by atoms with E-state index in [-0.39, 0.29) is 4.90 Å². The van der Waals surface area contributed by atoms with E-state index < -0.39 is 10.1 Å². The number of anilines is 3. The first-order chi connectivity index (χ1) is 13.4. The van der Waals surface area contributed by atoms with Gasteiger partial charge in [-0.15, -0.1) is 0 Å². The van der Waals surface area contributed by atoms with Crippen LogP contribution in [0, 0.1) is 0 Å². The van der Waals surface area contributed by atoms with E-state index in [4.69, 9.17) is 9.54 Å². The average Bonchev–Trinajstić information content (AvgIpc) is 3.20. The molecular weight excluding hydrogens is 376 g/mol. The monoisotopic (exact) mass is 398 g/mol. The van der Waals surface area contributed by atoms with Crippen molar-refractivity contribution in [3.63, 3.8) is 0 Å². The molecule has 146 valence electrons. The van der Waals surface area contributed by atoms with Crippen LogP contribution in [0.4, 0.5) is 17.5 Å². The third kappa shape index (κ3) is 3.79. The topological polar surface area (TPSA) is 95.4 Å². The van der Waals surface area contributed by atoms with Gasteiger partial charge in [-0.3, -0.25) is 4.55 Å². The van der Waals surface area contributed by atoms with Crippen molar-refractivity contribution < 1.29 is 13.0 Å². The van der Waals surface area contributed by atoms with Gasteiger partial charge in [0, 0.05) is 24.2 Å². The molecule has 4 rings (SSSR count). The van der Waals surface area contributed by atoms with Crippen molar-refractivity contribution in [2.45, 2.75) is 36.6 Å². The normalized spacial score (nSPS) is 15.1. The number of aromatic nitrogens is 2. The van der Waals surface area contributed by atoms with Gasteiger partial charge in [0.2, 0.25) is 5.95 Å². The van der Waals surface area contributed by atoms with E-state index in [1.807, 2.05) is 31.3 Å². The van der Waals surface area contributed by atoms with Gasteiger partial charge in [-0.05, 0) is 49.2 Å². The predicted molar refractivity (Wildman–Crippen MR) is 110 cm³/mol. The molecular formula is C20H22N4O3S. The van der Waals surface area contributed by atoms with E-state index in [1.165, 1.54) is 25.0 Å². The van der Waals surface area contributed by atoms with Crippen molar-refractivity contribution in [1.82, 2.24) is 9.97 Å². The zero-order valence-electron chi connectivity index (χ0n) is 15.5. The van der Waals surface area contributed by atoms with Crippen molar-refractivity contribution in [2.75, 3.05) is 17.3 Å². The molecule has 28 heavy (non-hydrogen) atoms. The number of hydrogen-bond donors (Lipinski definition) is 2. The zero-order chi connectivity index (χ0) is 19.7. The SMILES string of the molecule is CN(c1ccc(S(=O)(=O)O)cc1)c1nc(NC2CCCC2)c2ccccc2n1. The Kier molecular flexibility index (Phi) is 4.91. The maximum atomic E-state index is 11.2. The molecule has 0 amide bonds. The minimum absolute atomic E-state index is 0.146. The lowest BCUT2D eigenvalue weighted by Gasteiger charge is -2.21. The Morgan fingerprint density at radius 3 is 2.39 bits per heavy atom. The van der Waals surface area contributed by atoms with Crippen molar-refractivity contribution in [1.29, 1.82) is 0 Å². The third-order valence-corrected chi connectivity index (χ3v) is 5.98. The van der Waals surface area contributed by atoms with E-state index >= 15 is 0 Å². The van der Waals surface area contributed by atoms with Crippen LogP contribution in [0.15, 0.2) is 53.4 Å². The van der Waals surface area contributed by atoms with Gasteiger partial charge < -0.3 is 10.2 Å². The number of nitrogens with zero attached hydrogens (tertiary/aromatic N) is 3. The summed E-state index contributed by atoms with van der Waals surface area (Å²) >= 11 is 0. The fraction of sp³-hybridized carbons (Fsp3) is 0.300. The number of hydrogen-bond acceptors (Lipinski definition) is 6. The summed E-state index contributed by atoms with van der Waals surface area (Å²) in [4.78, 5) is 11.1. The predicted octanol–water partition coefficient (Wildman–Crippen LogP) is 4.00. The van der Waals surface area contributed by atoms with E-state index in [1.54, 1.807) is 17.0 Å². The molecule has 0 saturated heterocycles. The highest BCUT2D eigenvalue weighted by Gasteiger charge is 2.19. The van der Waals surface area contributed by atoms with Crippen LogP contribution in [0.5, 0.6) is 0 Å². The molecule has 2 N–H and O–H groups in total. The van der Waals surface area contributed by atoms with Gasteiger partial charge in [0.05, 0.1) is 10.4 Å². The highest BCUT2D eigenvalue weighted by atomic mass is 32.2. The second kappa shape index (κ2) is 7.37. The minimum Gasteiger partial charge on any atom is -0.367 e. The van der Waals surface area contributed by atoms with Gasteiger partial charge in [0.1, 0.15) is 5.82 Å². The number of rotatable bonds is 5. The van der Waals surface area contributed by atoms with Gasteiger partial charge in [-0.2, -0.15) is 13.4 Å². The molecule has 1 aromatic heterocycles. The first-order valence-electron chi connectivity index (χ1n) is 9.26. The third-order valence-electron chi connectivity index (χ3n) is 5.11. The lowest BCUT2D eigenvalue weighted by atomic mass is 10.2. The maximum Gasteiger partial charge on any atom is 0.294 e. The Morgan fingerprint density at radius 2 is 1.71 bits per heavy atom. The molecule has 0 atom stereocenters. The molecule has 0 unspecified atom stereocenters. The molecule has 1 heterocycles. The highest BCUT2D eigenvalue weighted by molar-refractivity contribution is 7.85. The van der Waals surface area contributed by atoms with Gasteiger partial charge in [-0.1, -0.05) is 25.0 Å². The molecule has 7 nitrogen and oxygen atoms in total. The molecule has 0 aliphatic heterocycles. The Morgan fingerprint density at radius 1 is 1.04 bits per heavy atom. The Labute approximate surface area is 164 Å². The summed E-state index contributed by atoms with van der Waals surface area (Å²) in [7, 11) is -2.39. The van der Waals surface area contributed by atoms with Gasteiger partial charge in [0.15, 0.2) is 0 Å². The highest BCUT2D eigenvalue weighted by Crippen LogP contribution is 2.30. The molecule has 2 aromatic carbocycles. The Hall–Kier alpha value is -2.71. The van der Waals surface area contributed by atoms with E-state index in [0.717, 1.165) is 35.2 Å². The summed E-state index contributed by atoms with van der Waals surface area (Å²) in [6, 6.07) is 14.3. The molecule has 0 bridgehead atoms. The van der Waals surface area contributed by atoms with E-state index in [9.17, 15) is 8.42 Å². The van der Waals surface area contributed by atoms with E-state index in [2.05, 4.69) is 10.3 Å². The lowest BCUT2D eigenvalue weighted by Crippen LogP contribution is -2.19. The number of fused-ring (bicyclic) bond motifs is 1. The summed E-state index contributed by atoms with van der Waals surface area (Å²) in [5, 5.41) is 4.55. The van der Waals surface area contributed by atoms with Gasteiger partial charge in [-0.25, -0.2) is 4.98 Å². The molecule has 0 spiro atoms. The summed E-state index contributed by atoms with van der Waals surface area (Å²) in [5.74, 6) is 1.33. The zero-order valence-corrected chi connectivity index (χ0v) is 16.4. The van der Waals surface area contributed by atoms with Crippen LogP contribution in [0.3, 0.4) is 0 Å². The second-order valence-corrected chi connectivity index (χ2v) is 8.46. The Bertz CT molecular complexity index is 1090. The fourth-order valence-corrected chi connectivity index (χ4v) is 4.03. The summed E-state index contributed by atoms with van der Waals surface area (Å²) in [6.45, 7) is 0. The van der Waals surface area contributed by atoms with Crippen LogP contribution < -0.4 is 10.2 Å². The first kappa shape index (κ1) is 18.6. The molecule has 0 radical (unpaired) electrons. The van der Waals surface area contributed by atoms with Crippen molar-refractivity contribution in [3.8, 4) is 0 Å². The number of benzene rings is 2. The fourth-order valence-electron chi connectivity index (χ4n) is 3.55. The second-order valence-electron chi connectivity index (χ2n) is 7.04. The van der Waals surface area contributed by atoms with Crippen LogP contribution in [0.1, 0.15) is 25.7 Å². The quantitative estimate of drug-likeness (QED) is 0.627. The van der Waals surface area contributed by atoms with Crippen LogP contribution in [-0.2, 0) is 10.1 Å². The number of nitrogens with one attached hydrogen (secondary N) is 1. The number of para-hydroxylation sites is 1. The molecule has 8 heteroatoms. The van der Waals surface area contributed by atoms with Gasteiger partial charge >= 0.3 is 0 Å². The largest absolute Gasteiger partial charge is 0.367 e. The standard InChI is InChI=1S/C20H22N4O3S/c1-24(15-10-12-16(13-11-15)28(25,26)27)20-22-18-9-5-4-8-17(18)19(23-20)21-14-6-2-3-7-14/h4-5,8-14H,2-3,6-7H2,1H3,(H,21,22,23)(H,25,26,27). The molecule has 1 aliphatic carbocycles. The maximum absolute atomic E-state index is 11.2. The lowest BCUT2D eigenvalue weighted by molar-refractivity contribution is 0.483. The molecule has 1 aliphatic rings. The molecule has 1 saturated carbocycles. The summed E-state index contributed by atoms with van der Waals surface area (Å²) < 4.78 is 31.6. The van der Waals surface area contributed by atoms with Crippen LogP contribution in [0.2, 0.25) is 0 Å². The van der Waals surface area contributed by atoms with Crippen molar-refractivity contribution in [3.05, 3.63) is 48.5 Å². The summed E-state index contributed by atoms with van der Waals surface area (Å²) in [6.07, 6.45) is 4.74. The van der Waals surface area contributed by atoms with Crippen molar-refractivity contribution in [2.24, 2.45) is 0 Å². The van der Waals surface area contributed by atoms with Crippen LogP contribution in [0.25, 0.3) is 10.9 Å². The summed E-state index contributed by atoms with van der Waals surface area (Å²) in [5.41, 5.74) is 1.56. The smallest absolute Gasteiger partial charge is 0.294 e. The van der Waals surface area contributed by atoms with Gasteiger partial charge in [0.25, 0.3) is 10.1 Å². The Balaban J connectivity index is 1.71. The van der Waals surface area contributed by atoms with Crippen LogP contribution >= 0.6 is 0 Å². The average molecular weight is 398 g/mol. The van der Waals surface area contributed by atoms with Crippen LogP contribution in [-0.4, -0.2) is 36.0 Å².